The second-order valence-electron chi connectivity index (χ2n) is 4.82. The normalized spacial score (nSPS) is 23.4. The maximum atomic E-state index is 12.3. The van der Waals surface area contributed by atoms with Crippen LogP contribution >= 0.6 is 34.5 Å². The fraction of sp³-hybridized carbons (Fsp3) is 0.500. The molecule has 19 heavy (non-hydrogen) atoms. The van der Waals surface area contributed by atoms with Crippen LogP contribution in [0.15, 0.2) is 6.07 Å². The van der Waals surface area contributed by atoms with Crippen LogP contribution in [-0.4, -0.2) is 35.0 Å². The number of rotatable bonds is 2. The van der Waals surface area contributed by atoms with Gasteiger partial charge in [-0.25, -0.2) is 0 Å². The number of carboxylic acids is 1. The molecule has 1 amide bonds. The number of carbonyl (C=O) groups excluding carboxylic acids is 1. The van der Waals surface area contributed by atoms with Gasteiger partial charge in [0.2, 0.25) is 0 Å². The van der Waals surface area contributed by atoms with Crippen molar-refractivity contribution in [3.05, 3.63) is 20.3 Å². The van der Waals surface area contributed by atoms with Gasteiger partial charge in [0.1, 0.15) is 4.34 Å². The van der Waals surface area contributed by atoms with Crippen molar-refractivity contribution >= 4 is 46.4 Å². The molecular formula is C12H13Cl2NO3S. The summed E-state index contributed by atoms with van der Waals surface area (Å²) in [6, 6.07) is 1.53. The Bertz CT molecular complexity index is 517. The molecule has 2 unspecified atom stereocenters. The summed E-state index contributed by atoms with van der Waals surface area (Å²) >= 11 is 12.9. The fourth-order valence-corrected chi connectivity index (χ4v) is 3.80. The van der Waals surface area contributed by atoms with Crippen LogP contribution in [0.2, 0.25) is 8.67 Å². The zero-order valence-electron chi connectivity index (χ0n) is 10.2. The number of amides is 1. The van der Waals surface area contributed by atoms with E-state index in [4.69, 9.17) is 28.3 Å². The molecule has 0 bridgehead atoms. The summed E-state index contributed by atoms with van der Waals surface area (Å²) < 4.78 is 0.799. The van der Waals surface area contributed by atoms with Crippen molar-refractivity contribution in [3.63, 3.8) is 0 Å². The second kappa shape index (κ2) is 5.69. The minimum Gasteiger partial charge on any atom is -0.481 e. The Morgan fingerprint density at radius 1 is 1.42 bits per heavy atom. The zero-order chi connectivity index (χ0) is 14.2. The number of thiophene rings is 1. The lowest BCUT2D eigenvalue weighted by Gasteiger charge is -2.34. The van der Waals surface area contributed by atoms with E-state index < -0.39 is 11.9 Å². The molecule has 0 saturated carbocycles. The van der Waals surface area contributed by atoms with Crippen molar-refractivity contribution in [2.75, 3.05) is 13.1 Å². The van der Waals surface area contributed by atoms with E-state index in [2.05, 4.69) is 0 Å². The SMILES string of the molecule is CC1CC(C(=O)O)CN(C(=O)c2cc(Cl)sc2Cl)C1. The van der Waals surface area contributed by atoms with Gasteiger partial charge in [0, 0.05) is 13.1 Å². The lowest BCUT2D eigenvalue weighted by Crippen LogP contribution is -2.45. The predicted octanol–water partition coefficient (Wildman–Crippen LogP) is 3.24. The number of piperidine rings is 1. The van der Waals surface area contributed by atoms with Crippen molar-refractivity contribution in [3.8, 4) is 0 Å². The summed E-state index contributed by atoms with van der Waals surface area (Å²) in [5, 5.41) is 9.10. The van der Waals surface area contributed by atoms with Crippen LogP contribution in [-0.2, 0) is 4.79 Å². The highest BCUT2D eigenvalue weighted by Crippen LogP contribution is 2.33. The fourth-order valence-electron chi connectivity index (χ4n) is 2.35. The van der Waals surface area contributed by atoms with Gasteiger partial charge in [-0.2, -0.15) is 0 Å². The molecule has 1 aromatic rings. The highest BCUT2D eigenvalue weighted by atomic mass is 35.5. The van der Waals surface area contributed by atoms with Gasteiger partial charge in [-0.1, -0.05) is 30.1 Å². The van der Waals surface area contributed by atoms with Crippen molar-refractivity contribution in [2.45, 2.75) is 13.3 Å². The van der Waals surface area contributed by atoms with E-state index in [0.29, 0.717) is 27.2 Å². The van der Waals surface area contributed by atoms with Gasteiger partial charge in [0.25, 0.3) is 5.91 Å². The minimum atomic E-state index is -0.862. The first-order chi connectivity index (χ1) is 8.88. The molecule has 0 spiro atoms. The lowest BCUT2D eigenvalue weighted by atomic mass is 9.90. The van der Waals surface area contributed by atoms with E-state index in [-0.39, 0.29) is 18.4 Å². The van der Waals surface area contributed by atoms with Crippen LogP contribution in [0.5, 0.6) is 0 Å². The van der Waals surface area contributed by atoms with Gasteiger partial charge in [-0.05, 0) is 18.4 Å². The van der Waals surface area contributed by atoms with Crippen molar-refractivity contribution in [2.24, 2.45) is 11.8 Å². The maximum Gasteiger partial charge on any atom is 0.308 e. The largest absolute Gasteiger partial charge is 0.481 e. The van der Waals surface area contributed by atoms with Gasteiger partial charge in [0.15, 0.2) is 0 Å². The molecule has 1 aliphatic rings. The Hall–Kier alpha value is -0.780. The molecule has 1 fully saturated rings. The smallest absolute Gasteiger partial charge is 0.308 e. The zero-order valence-corrected chi connectivity index (χ0v) is 12.6. The lowest BCUT2D eigenvalue weighted by molar-refractivity contribution is -0.143. The van der Waals surface area contributed by atoms with Crippen LogP contribution in [0.25, 0.3) is 0 Å². The van der Waals surface area contributed by atoms with Gasteiger partial charge in [-0.3, -0.25) is 9.59 Å². The molecule has 1 aromatic heterocycles. The molecule has 2 rings (SSSR count). The Kier molecular flexibility index (Phi) is 4.38. The number of nitrogens with zero attached hydrogens (tertiary/aromatic N) is 1. The first kappa shape index (κ1) is 14.6. The number of hydrogen-bond acceptors (Lipinski definition) is 3. The summed E-state index contributed by atoms with van der Waals surface area (Å²) in [5.74, 6) is -1.46. The van der Waals surface area contributed by atoms with E-state index in [9.17, 15) is 9.59 Å². The Morgan fingerprint density at radius 2 is 2.11 bits per heavy atom. The third-order valence-electron chi connectivity index (χ3n) is 3.18. The molecule has 4 nitrogen and oxygen atoms in total. The number of aliphatic carboxylic acids is 1. The van der Waals surface area contributed by atoms with Crippen LogP contribution in [0, 0.1) is 11.8 Å². The second-order valence-corrected chi connectivity index (χ2v) is 7.11. The topological polar surface area (TPSA) is 57.6 Å². The van der Waals surface area contributed by atoms with Gasteiger partial charge >= 0.3 is 5.97 Å². The molecular weight excluding hydrogens is 309 g/mol. The summed E-state index contributed by atoms with van der Waals surface area (Å²) in [4.78, 5) is 25.0. The predicted molar refractivity (Wildman–Crippen MR) is 75.1 cm³/mol. The molecule has 2 heterocycles. The number of carboxylic acid groups (broad SMARTS) is 1. The van der Waals surface area contributed by atoms with E-state index in [1.54, 1.807) is 4.90 Å². The molecule has 7 heteroatoms. The molecule has 0 aliphatic carbocycles. The third-order valence-corrected chi connectivity index (χ3v) is 4.67. The standard InChI is InChI=1S/C12H13Cl2NO3S/c1-6-2-7(12(17)18)5-15(4-6)11(16)8-3-9(13)19-10(8)14/h3,6-7H,2,4-5H2,1H3,(H,17,18). The average molecular weight is 322 g/mol. The van der Waals surface area contributed by atoms with Crippen LogP contribution in [0.3, 0.4) is 0 Å². The van der Waals surface area contributed by atoms with Gasteiger partial charge in [0.05, 0.1) is 15.8 Å². The molecule has 104 valence electrons. The average Bonchev–Trinajstić information content (AvgIpc) is 2.66. The summed E-state index contributed by atoms with van der Waals surface area (Å²) in [7, 11) is 0. The Morgan fingerprint density at radius 3 is 2.63 bits per heavy atom. The molecule has 2 atom stereocenters. The van der Waals surface area contributed by atoms with Crippen molar-refractivity contribution in [1.29, 1.82) is 0 Å². The quantitative estimate of drug-likeness (QED) is 0.909. The van der Waals surface area contributed by atoms with Crippen LogP contribution < -0.4 is 0 Å². The Balaban J connectivity index is 2.18. The van der Waals surface area contributed by atoms with E-state index in [0.717, 1.165) is 11.3 Å². The molecule has 1 N–H and O–H groups in total. The van der Waals surface area contributed by atoms with Gasteiger partial charge in [-0.15, -0.1) is 11.3 Å². The van der Waals surface area contributed by atoms with E-state index >= 15 is 0 Å². The van der Waals surface area contributed by atoms with Crippen molar-refractivity contribution in [1.82, 2.24) is 4.90 Å². The van der Waals surface area contributed by atoms with Gasteiger partial charge < -0.3 is 10.0 Å². The number of carbonyl (C=O) groups is 2. The van der Waals surface area contributed by atoms with E-state index in [1.165, 1.54) is 6.07 Å². The van der Waals surface area contributed by atoms with E-state index in [1.807, 2.05) is 6.92 Å². The molecule has 1 saturated heterocycles. The van der Waals surface area contributed by atoms with Crippen LogP contribution in [0.4, 0.5) is 0 Å². The van der Waals surface area contributed by atoms with Crippen molar-refractivity contribution < 1.29 is 14.7 Å². The molecule has 1 aliphatic heterocycles. The highest BCUT2D eigenvalue weighted by Gasteiger charge is 2.33. The summed E-state index contributed by atoms with van der Waals surface area (Å²) in [6.07, 6.45) is 0.594. The minimum absolute atomic E-state index is 0.159. The molecule has 0 aromatic carbocycles. The third kappa shape index (κ3) is 3.22. The Labute approximate surface area is 124 Å². The number of halogens is 2. The monoisotopic (exact) mass is 321 g/mol. The first-order valence-electron chi connectivity index (χ1n) is 5.85. The highest BCUT2D eigenvalue weighted by molar-refractivity contribution is 7.20. The summed E-state index contributed by atoms with van der Waals surface area (Å²) in [5.41, 5.74) is 0.356. The maximum absolute atomic E-state index is 12.3. The number of likely N-dealkylation sites (tertiary alicyclic amines) is 1. The molecule has 0 radical (unpaired) electrons. The summed E-state index contributed by atoms with van der Waals surface area (Å²) in [6.45, 7) is 2.71. The first-order valence-corrected chi connectivity index (χ1v) is 7.42. The number of hydrogen-bond donors (Lipinski definition) is 1. The van der Waals surface area contributed by atoms with Crippen LogP contribution in [0.1, 0.15) is 23.7 Å².